The van der Waals surface area contributed by atoms with Crippen LogP contribution in [0.5, 0.6) is 5.75 Å². The molecule has 2 aliphatic heterocycles. The Hall–Kier alpha value is -8.99. The summed E-state index contributed by atoms with van der Waals surface area (Å²) in [4.78, 5) is 56.1. The third kappa shape index (κ3) is 8.31. The molecule has 17 heteroatoms. The molecule has 7 aromatic heterocycles. The molecule has 9 heterocycles. The number of hydrogen-bond acceptors (Lipinski definition) is 10. The van der Waals surface area contributed by atoms with Crippen molar-refractivity contribution in [3.63, 3.8) is 0 Å². The number of para-hydroxylation sites is 3. The molecule has 0 atom stereocenters. The van der Waals surface area contributed by atoms with Gasteiger partial charge in [-0.2, -0.15) is 5.10 Å². The van der Waals surface area contributed by atoms with Gasteiger partial charge < -0.3 is 36.0 Å². The van der Waals surface area contributed by atoms with Crippen LogP contribution < -0.4 is 16.2 Å². The largest absolute Gasteiger partial charge is 0.497 e. The Balaban J connectivity index is 0.000000149. The third-order valence-corrected chi connectivity index (χ3v) is 14.6. The fourth-order valence-electron chi connectivity index (χ4n) is 10.8. The van der Waals surface area contributed by atoms with Gasteiger partial charge in [-0.1, -0.05) is 66.7 Å². The Kier molecular flexibility index (Phi) is 11.5. The second-order valence-electron chi connectivity index (χ2n) is 19.0. The quantitative estimate of drug-likeness (QED) is 0.114. The van der Waals surface area contributed by atoms with Gasteiger partial charge in [-0.3, -0.25) is 23.1 Å². The van der Waals surface area contributed by atoms with Crippen molar-refractivity contribution in [3.05, 3.63) is 157 Å². The summed E-state index contributed by atoms with van der Waals surface area (Å²) in [7, 11) is 3.51. The number of aryl methyl sites for hydroxylation is 1. The first kappa shape index (κ1) is 45.2. The van der Waals surface area contributed by atoms with E-state index < -0.39 is 0 Å². The van der Waals surface area contributed by atoms with Gasteiger partial charge in [0.25, 0.3) is 5.91 Å². The number of aromatic amines is 2. The molecule has 2 fully saturated rings. The standard InChI is InChI=1S/C28H26N8O.C28H28N6O2/c1-34-22-9-5-3-7-19(22)23(33-34)28(37)35-13-10-17(11-14-35)27-32-24(25-26(29)30-12-15-36(25)27)21-16-18-6-2-4-8-20(18)31-21;1-36-21-7-4-5-18(15-21)16-24(35)33-12-9-19(10-13-33)28-32-25(26-27(29)30-11-14-34(26)28)23-17-20-6-2-3-8-22(20)31-23/h2-9,12,15-17,31H,10-11,13-14H2,1H3,(H2,29,30);2-8,11,14-15,17,19,31H,9-10,12-13,16H2,1H3,(H2,29,30). The van der Waals surface area contributed by atoms with Crippen molar-refractivity contribution >= 4 is 67.2 Å². The number of hydrogen-bond donors (Lipinski definition) is 4. The average molecular weight is 971 g/mol. The zero-order valence-corrected chi connectivity index (χ0v) is 40.6. The van der Waals surface area contributed by atoms with Crippen LogP contribution in [0, 0.1) is 0 Å². The van der Waals surface area contributed by atoms with Crippen LogP contribution in [0.1, 0.15) is 65.2 Å². The molecule has 2 aliphatic rings. The van der Waals surface area contributed by atoms with E-state index in [1.54, 1.807) is 24.2 Å². The SMILES string of the molecule is COc1cccc(CC(=O)N2CCC(c3nc(-c4cc5ccccc5[nH]4)c4c(N)nccn34)CC2)c1.Cn1nc(C(=O)N2CCC(c3nc(-c4cc5ccccc5[nH]4)c4c(N)nccn34)CC2)c2ccccc21. The molecule has 0 bridgehead atoms. The molecule has 0 unspecified atom stereocenters. The minimum absolute atomic E-state index is 0.0181. The first-order valence-electron chi connectivity index (χ1n) is 24.7. The summed E-state index contributed by atoms with van der Waals surface area (Å²) in [6.07, 6.45) is 11.0. The number of methoxy groups -OCH3 is 1. The maximum Gasteiger partial charge on any atom is 0.275 e. The van der Waals surface area contributed by atoms with E-state index >= 15 is 0 Å². The number of amides is 2. The number of imidazole rings is 2. The maximum atomic E-state index is 13.4. The number of nitrogen functional groups attached to an aromatic ring is 2. The summed E-state index contributed by atoms with van der Waals surface area (Å²) in [5.74, 6) is 4.12. The molecule has 4 aromatic carbocycles. The summed E-state index contributed by atoms with van der Waals surface area (Å²) in [6.45, 7) is 2.69. The number of nitrogens with zero attached hydrogens (tertiary/aromatic N) is 10. The van der Waals surface area contributed by atoms with Crippen molar-refractivity contribution in [2.75, 3.05) is 44.8 Å². The molecule has 0 saturated carbocycles. The number of rotatable bonds is 8. The number of nitrogens with two attached hydrogens (primary N) is 2. The van der Waals surface area contributed by atoms with Gasteiger partial charge in [0, 0.05) is 97.0 Å². The number of likely N-dealkylation sites (tertiary alicyclic amines) is 2. The average Bonchev–Trinajstić information content (AvgIpc) is 4.28. The normalized spacial score (nSPS) is 14.7. The van der Waals surface area contributed by atoms with Crippen LogP contribution >= 0.6 is 0 Å². The second kappa shape index (κ2) is 18.6. The lowest BCUT2D eigenvalue weighted by Gasteiger charge is -2.31. The molecule has 2 amide bonds. The minimum Gasteiger partial charge on any atom is -0.497 e. The van der Waals surface area contributed by atoms with Crippen molar-refractivity contribution in [3.8, 4) is 28.5 Å². The Morgan fingerprint density at radius 3 is 1.75 bits per heavy atom. The first-order valence-corrected chi connectivity index (χ1v) is 24.7. The van der Waals surface area contributed by atoms with E-state index in [1.165, 1.54) is 0 Å². The van der Waals surface area contributed by atoms with Crippen molar-refractivity contribution in [1.82, 2.24) is 58.3 Å². The number of fused-ring (bicyclic) bond motifs is 5. The molecule has 0 aliphatic carbocycles. The molecule has 2 saturated heterocycles. The molecule has 0 radical (unpaired) electrons. The fraction of sp³-hybridized carbons (Fsp3) is 0.232. The Labute approximate surface area is 419 Å². The highest BCUT2D eigenvalue weighted by Crippen LogP contribution is 2.38. The number of aromatic nitrogens is 10. The Bertz CT molecular complexity index is 3800. The van der Waals surface area contributed by atoms with Crippen molar-refractivity contribution in [2.24, 2.45) is 7.05 Å². The summed E-state index contributed by atoms with van der Waals surface area (Å²) in [6, 6.07) is 36.1. The molecular formula is C56H54N14O3. The third-order valence-electron chi connectivity index (χ3n) is 14.6. The zero-order chi connectivity index (χ0) is 49.7. The molecule has 73 heavy (non-hydrogen) atoms. The molecule has 366 valence electrons. The van der Waals surface area contributed by atoms with E-state index in [9.17, 15) is 9.59 Å². The molecule has 11 aromatic rings. The van der Waals surface area contributed by atoms with E-state index in [2.05, 4.69) is 70.2 Å². The molecule has 13 rings (SSSR count). The predicted octanol–water partition coefficient (Wildman–Crippen LogP) is 8.78. The summed E-state index contributed by atoms with van der Waals surface area (Å²) in [5, 5.41) is 7.67. The number of ether oxygens (including phenoxy) is 1. The van der Waals surface area contributed by atoms with Crippen molar-refractivity contribution in [2.45, 2.75) is 43.9 Å². The highest BCUT2D eigenvalue weighted by Gasteiger charge is 2.32. The summed E-state index contributed by atoms with van der Waals surface area (Å²) >= 11 is 0. The summed E-state index contributed by atoms with van der Waals surface area (Å²) in [5.41, 5.74) is 22.3. The number of piperidine rings is 2. The van der Waals surface area contributed by atoms with Crippen LogP contribution in [-0.2, 0) is 18.3 Å². The lowest BCUT2D eigenvalue weighted by molar-refractivity contribution is -0.131. The van der Waals surface area contributed by atoms with Gasteiger partial charge in [0.15, 0.2) is 5.69 Å². The van der Waals surface area contributed by atoms with Crippen LogP contribution in [0.3, 0.4) is 0 Å². The number of H-pyrrole nitrogens is 2. The number of carbonyl (C=O) groups excluding carboxylic acids is 2. The van der Waals surface area contributed by atoms with Gasteiger partial charge in [0.1, 0.15) is 51.5 Å². The predicted molar refractivity (Wildman–Crippen MR) is 283 cm³/mol. The second-order valence-corrected chi connectivity index (χ2v) is 19.0. The highest BCUT2D eigenvalue weighted by molar-refractivity contribution is 6.05. The van der Waals surface area contributed by atoms with E-state index in [-0.39, 0.29) is 23.7 Å². The fourth-order valence-corrected chi connectivity index (χ4v) is 10.8. The van der Waals surface area contributed by atoms with E-state index in [0.717, 1.165) is 115 Å². The monoisotopic (exact) mass is 970 g/mol. The zero-order valence-electron chi connectivity index (χ0n) is 40.6. The van der Waals surface area contributed by atoms with E-state index in [1.807, 2.05) is 102 Å². The lowest BCUT2D eigenvalue weighted by atomic mass is 9.95. The highest BCUT2D eigenvalue weighted by atomic mass is 16.5. The molecular weight excluding hydrogens is 917 g/mol. The van der Waals surface area contributed by atoms with Crippen LogP contribution in [-0.4, -0.2) is 103 Å². The van der Waals surface area contributed by atoms with Gasteiger partial charge >= 0.3 is 0 Å². The minimum atomic E-state index is -0.0181. The van der Waals surface area contributed by atoms with E-state index in [4.69, 9.17) is 26.2 Å². The molecule has 0 spiro atoms. The number of nitrogens with one attached hydrogen (secondary N) is 2. The van der Waals surface area contributed by atoms with Gasteiger partial charge in [0.05, 0.1) is 30.4 Å². The Morgan fingerprint density at radius 1 is 0.658 bits per heavy atom. The maximum absolute atomic E-state index is 13.4. The first-order chi connectivity index (χ1) is 35.7. The smallest absolute Gasteiger partial charge is 0.275 e. The molecule has 6 N–H and O–H groups in total. The van der Waals surface area contributed by atoms with Crippen molar-refractivity contribution in [1.29, 1.82) is 0 Å². The summed E-state index contributed by atoms with van der Waals surface area (Å²) < 4.78 is 11.2. The van der Waals surface area contributed by atoms with Gasteiger partial charge in [-0.05, 0) is 73.7 Å². The number of carbonyl (C=O) groups is 2. The topological polar surface area (TPSA) is 212 Å². The van der Waals surface area contributed by atoms with Crippen LogP contribution in [0.2, 0.25) is 0 Å². The van der Waals surface area contributed by atoms with Gasteiger partial charge in [0.2, 0.25) is 5.91 Å². The van der Waals surface area contributed by atoms with Gasteiger partial charge in [-0.25, -0.2) is 19.9 Å². The van der Waals surface area contributed by atoms with Gasteiger partial charge in [-0.15, -0.1) is 0 Å². The number of benzene rings is 4. The van der Waals surface area contributed by atoms with Crippen molar-refractivity contribution < 1.29 is 14.3 Å². The van der Waals surface area contributed by atoms with Crippen LogP contribution in [0.15, 0.2) is 134 Å². The Morgan fingerprint density at radius 2 is 1.19 bits per heavy atom. The van der Waals surface area contributed by atoms with E-state index in [0.29, 0.717) is 49.9 Å². The molecule has 17 nitrogen and oxygen atoms in total. The number of anilines is 2. The lowest BCUT2D eigenvalue weighted by Crippen LogP contribution is -2.39. The van der Waals surface area contributed by atoms with Crippen LogP contribution in [0.4, 0.5) is 11.6 Å². The van der Waals surface area contributed by atoms with Crippen LogP contribution in [0.25, 0.3) is 66.5 Å².